The largest absolute Gasteiger partial charge is 0.412 e. The number of hydrogen-bond donors (Lipinski definition) is 0. The molecule has 2 radical (unpaired) electrons. The topological polar surface area (TPSA) is 63.0 Å². The summed E-state index contributed by atoms with van der Waals surface area (Å²) >= 11 is 0. The first kappa shape index (κ1) is 12.8. The monoisotopic (exact) mass is 152 g/mol. The first-order chi connectivity index (χ1) is 4.22. The van der Waals surface area contributed by atoms with Crippen LogP contribution in [-0.4, -0.2) is 18.8 Å². The fourth-order valence-electron chi connectivity index (χ4n) is 0.774. The lowest BCUT2D eigenvalue weighted by Gasteiger charge is -2.01. The lowest BCUT2D eigenvalue weighted by Crippen LogP contribution is -2.07. The van der Waals surface area contributed by atoms with Gasteiger partial charge in [0.1, 0.15) is 7.85 Å². The van der Waals surface area contributed by atoms with Crippen LogP contribution in [0.3, 0.4) is 0 Å². The van der Waals surface area contributed by atoms with Gasteiger partial charge in [-0.05, 0) is 19.4 Å². The van der Waals surface area contributed by atoms with Crippen LogP contribution in [0.2, 0.25) is 0 Å². The second-order valence-corrected chi connectivity index (χ2v) is 2.29. The summed E-state index contributed by atoms with van der Waals surface area (Å²) in [5.41, 5.74) is 3.34. The molecule has 3 heteroatoms. The molecule has 0 unspecified atom stereocenters. The van der Waals surface area contributed by atoms with Gasteiger partial charge >= 0.3 is 0 Å². The Hall–Kier alpha value is -0.795. The zero-order valence-electron chi connectivity index (χ0n) is 6.81. The van der Waals surface area contributed by atoms with Gasteiger partial charge in [-0.15, -0.1) is 0 Å². The molecule has 11 heavy (non-hydrogen) atoms. The highest BCUT2D eigenvalue weighted by Crippen LogP contribution is 1.99. The van der Waals surface area contributed by atoms with E-state index >= 15 is 0 Å². The molecule has 0 saturated carbocycles. The van der Waals surface area contributed by atoms with Crippen molar-refractivity contribution in [3.63, 3.8) is 0 Å². The average molecular weight is 152 g/mol. The number of rotatable bonds is 0. The van der Waals surface area contributed by atoms with Gasteiger partial charge in [-0.3, -0.25) is 0 Å². The lowest BCUT2D eigenvalue weighted by molar-refractivity contribution is 0.823. The van der Waals surface area contributed by atoms with Crippen molar-refractivity contribution in [1.29, 1.82) is 0 Å². The standard InChI is InChI=1S/C8H9B.2H2O/c1-6-4-3-5-8(9)7(6)2;;/h3-5H,1-2H3;2*1H2. The van der Waals surface area contributed by atoms with Crippen LogP contribution in [0.25, 0.3) is 0 Å². The molecule has 0 aromatic heterocycles. The highest BCUT2D eigenvalue weighted by molar-refractivity contribution is 6.33. The minimum Gasteiger partial charge on any atom is -0.412 e. The Morgan fingerprint density at radius 2 is 1.64 bits per heavy atom. The Labute approximate surface area is 68.3 Å². The van der Waals surface area contributed by atoms with Crippen molar-refractivity contribution in [2.75, 3.05) is 0 Å². The summed E-state index contributed by atoms with van der Waals surface area (Å²) in [6, 6.07) is 5.95. The molecule has 0 fully saturated rings. The van der Waals surface area contributed by atoms with E-state index in [0.29, 0.717) is 0 Å². The molecule has 1 aromatic rings. The third-order valence-corrected chi connectivity index (χ3v) is 1.65. The van der Waals surface area contributed by atoms with Gasteiger partial charge in [-0.1, -0.05) is 29.2 Å². The van der Waals surface area contributed by atoms with E-state index in [9.17, 15) is 0 Å². The van der Waals surface area contributed by atoms with Crippen molar-refractivity contribution in [2.24, 2.45) is 0 Å². The zero-order valence-corrected chi connectivity index (χ0v) is 6.81. The molecule has 0 spiro atoms. The van der Waals surface area contributed by atoms with Crippen molar-refractivity contribution in [2.45, 2.75) is 13.8 Å². The van der Waals surface area contributed by atoms with Crippen molar-refractivity contribution >= 4 is 13.3 Å². The Kier molecular flexibility index (Phi) is 5.76. The maximum absolute atomic E-state index is 5.62. The molecular weight excluding hydrogens is 139 g/mol. The molecule has 4 N–H and O–H groups in total. The fourth-order valence-corrected chi connectivity index (χ4v) is 0.774. The molecule has 2 nitrogen and oxygen atoms in total. The smallest absolute Gasteiger partial charge is 0.114 e. The van der Waals surface area contributed by atoms with Crippen molar-refractivity contribution < 1.29 is 11.0 Å². The second kappa shape index (κ2) is 4.94. The fraction of sp³-hybridized carbons (Fsp3) is 0.250. The summed E-state index contributed by atoms with van der Waals surface area (Å²) in [6.45, 7) is 4.09. The summed E-state index contributed by atoms with van der Waals surface area (Å²) in [5, 5.41) is 0. The van der Waals surface area contributed by atoms with Crippen LogP contribution in [0.1, 0.15) is 11.1 Å². The van der Waals surface area contributed by atoms with Crippen LogP contribution in [0.15, 0.2) is 18.2 Å². The van der Waals surface area contributed by atoms with E-state index in [0.717, 1.165) is 5.46 Å². The first-order valence-corrected chi connectivity index (χ1v) is 3.03. The summed E-state index contributed by atoms with van der Waals surface area (Å²) in [5.74, 6) is 0. The summed E-state index contributed by atoms with van der Waals surface area (Å²) in [7, 11) is 5.62. The van der Waals surface area contributed by atoms with Crippen LogP contribution in [0, 0.1) is 13.8 Å². The Morgan fingerprint density at radius 1 is 1.09 bits per heavy atom. The van der Waals surface area contributed by atoms with Gasteiger partial charge in [-0.2, -0.15) is 0 Å². The van der Waals surface area contributed by atoms with E-state index < -0.39 is 0 Å². The van der Waals surface area contributed by atoms with Crippen LogP contribution in [0.4, 0.5) is 0 Å². The van der Waals surface area contributed by atoms with Gasteiger partial charge in [0.25, 0.3) is 0 Å². The molecule has 1 rings (SSSR count). The maximum Gasteiger partial charge on any atom is 0.114 e. The average Bonchev–Trinajstić information content (AvgIpc) is 1.83. The van der Waals surface area contributed by atoms with E-state index in [1.165, 1.54) is 11.1 Å². The Bertz CT molecular complexity index is 203. The van der Waals surface area contributed by atoms with Gasteiger partial charge in [0, 0.05) is 0 Å². The minimum atomic E-state index is 0. The molecule has 0 aliphatic carbocycles. The summed E-state index contributed by atoms with van der Waals surface area (Å²) in [4.78, 5) is 0. The molecule has 0 aliphatic heterocycles. The van der Waals surface area contributed by atoms with Gasteiger partial charge < -0.3 is 11.0 Å². The van der Waals surface area contributed by atoms with E-state index in [1.54, 1.807) is 0 Å². The van der Waals surface area contributed by atoms with E-state index in [-0.39, 0.29) is 11.0 Å². The molecular formula is C8H13BO2. The van der Waals surface area contributed by atoms with Crippen LogP contribution in [-0.2, 0) is 0 Å². The van der Waals surface area contributed by atoms with Crippen molar-refractivity contribution in [1.82, 2.24) is 0 Å². The van der Waals surface area contributed by atoms with Crippen molar-refractivity contribution in [3.05, 3.63) is 29.3 Å². The van der Waals surface area contributed by atoms with Gasteiger partial charge in [-0.25, -0.2) is 0 Å². The van der Waals surface area contributed by atoms with Gasteiger partial charge in [0.05, 0.1) is 0 Å². The summed E-state index contributed by atoms with van der Waals surface area (Å²) < 4.78 is 0. The molecule has 0 amide bonds. The molecule has 0 atom stereocenters. The molecule has 0 bridgehead atoms. The van der Waals surface area contributed by atoms with Crippen LogP contribution in [0.5, 0.6) is 0 Å². The second-order valence-electron chi connectivity index (χ2n) is 2.29. The normalized spacial score (nSPS) is 7.82. The third kappa shape index (κ3) is 2.74. The predicted molar refractivity (Wildman–Crippen MR) is 48.5 cm³/mol. The zero-order chi connectivity index (χ0) is 6.85. The summed E-state index contributed by atoms with van der Waals surface area (Å²) in [6.07, 6.45) is 0. The number of benzene rings is 1. The van der Waals surface area contributed by atoms with Gasteiger partial charge in [0.15, 0.2) is 0 Å². The van der Waals surface area contributed by atoms with E-state index in [4.69, 9.17) is 7.85 Å². The molecule has 0 aliphatic rings. The minimum absolute atomic E-state index is 0. The Balaban J connectivity index is 0. The van der Waals surface area contributed by atoms with E-state index in [2.05, 4.69) is 13.0 Å². The Morgan fingerprint density at radius 3 is 2.00 bits per heavy atom. The van der Waals surface area contributed by atoms with Crippen molar-refractivity contribution in [3.8, 4) is 0 Å². The number of aryl methyl sites for hydroxylation is 1. The molecule has 0 heterocycles. The molecule has 1 aromatic carbocycles. The first-order valence-electron chi connectivity index (χ1n) is 3.03. The lowest BCUT2D eigenvalue weighted by atomic mass is 9.89. The quantitative estimate of drug-likeness (QED) is 0.447. The molecule has 0 saturated heterocycles. The van der Waals surface area contributed by atoms with Crippen LogP contribution < -0.4 is 5.46 Å². The highest BCUT2D eigenvalue weighted by atomic mass is 16.0. The number of hydrogen-bond acceptors (Lipinski definition) is 0. The third-order valence-electron chi connectivity index (χ3n) is 1.65. The predicted octanol–water partition coefficient (Wildman–Crippen LogP) is -0.552. The SMILES string of the molecule is O.O.[B]c1cccc(C)c1C. The van der Waals surface area contributed by atoms with Gasteiger partial charge in [0.2, 0.25) is 0 Å². The van der Waals surface area contributed by atoms with Crippen LogP contribution >= 0.6 is 0 Å². The highest BCUT2D eigenvalue weighted by Gasteiger charge is 1.91. The molecule has 60 valence electrons. The maximum atomic E-state index is 5.62. The van der Waals surface area contributed by atoms with E-state index in [1.807, 2.05) is 19.1 Å².